The van der Waals surface area contributed by atoms with Gasteiger partial charge < -0.3 is 10.3 Å². The Labute approximate surface area is 116 Å². The number of pyridine rings is 1. The minimum absolute atomic E-state index is 0.248. The highest BCUT2D eigenvalue weighted by molar-refractivity contribution is 6.04. The SMILES string of the molecule is CCN(C(=O)c1ccc(NN)cn1)c1ccc(F)cc1. The van der Waals surface area contributed by atoms with Crippen LogP contribution in [0, 0.1) is 5.82 Å². The van der Waals surface area contributed by atoms with E-state index in [1.165, 1.54) is 23.2 Å². The first-order valence-electron chi connectivity index (χ1n) is 6.15. The van der Waals surface area contributed by atoms with Crippen LogP contribution < -0.4 is 16.2 Å². The lowest BCUT2D eigenvalue weighted by atomic mass is 10.2. The number of carbonyl (C=O) groups is 1. The average molecular weight is 274 g/mol. The molecule has 6 heteroatoms. The first-order chi connectivity index (χ1) is 9.65. The van der Waals surface area contributed by atoms with Crippen LogP contribution in [0.15, 0.2) is 42.6 Å². The first kappa shape index (κ1) is 14.0. The maximum Gasteiger partial charge on any atom is 0.276 e. The van der Waals surface area contributed by atoms with Gasteiger partial charge in [0.15, 0.2) is 0 Å². The predicted molar refractivity (Wildman–Crippen MR) is 75.8 cm³/mol. The number of benzene rings is 1. The van der Waals surface area contributed by atoms with Crippen molar-refractivity contribution in [3.05, 3.63) is 54.1 Å². The zero-order valence-electron chi connectivity index (χ0n) is 11.0. The Kier molecular flexibility index (Phi) is 4.27. The van der Waals surface area contributed by atoms with Crippen LogP contribution in [0.3, 0.4) is 0 Å². The smallest absolute Gasteiger partial charge is 0.276 e. The van der Waals surface area contributed by atoms with E-state index >= 15 is 0 Å². The van der Waals surface area contributed by atoms with Crippen LogP contribution in [0.4, 0.5) is 15.8 Å². The van der Waals surface area contributed by atoms with E-state index in [9.17, 15) is 9.18 Å². The summed E-state index contributed by atoms with van der Waals surface area (Å²) in [6.45, 7) is 2.31. The van der Waals surface area contributed by atoms with E-state index in [2.05, 4.69) is 10.4 Å². The van der Waals surface area contributed by atoms with Crippen LogP contribution in [-0.2, 0) is 0 Å². The maximum atomic E-state index is 12.9. The highest BCUT2D eigenvalue weighted by Gasteiger charge is 2.17. The molecule has 0 saturated carbocycles. The molecule has 0 atom stereocenters. The third-order valence-electron chi connectivity index (χ3n) is 2.85. The van der Waals surface area contributed by atoms with Gasteiger partial charge in [-0.05, 0) is 43.3 Å². The van der Waals surface area contributed by atoms with Gasteiger partial charge in [0.2, 0.25) is 0 Å². The Bertz CT molecular complexity index is 583. The predicted octanol–water partition coefficient (Wildman–Crippen LogP) is 2.17. The number of hydrogen-bond donors (Lipinski definition) is 2. The molecule has 0 unspecified atom stereocenters. The minimum atomic E-state index is -0.339. The Hall–Kier alpha value is -2.47. The molecule has 0 bridgehead atoms. The van der Waals surface area contributed by atoms with Gasteiger partial charge in [-0.25, -0.2) is 9.37 Å². The number of rotatable bonds is 4. The van der Waals surface area contributed by atoms with Gasteiger partial charge in [-0.1, -0.05) is 0 Å². The Morgan fingerprint density at radius 3 is 2.50 bits per heavy atom. The molecule has 1 aromatic heterocycles. The number of nitrogens with one attached hydrogen (secondary N) is 1. The van der Waals surface area contributed by atoms with Crippen LogP contribution in [-0.4, -0.2) is 17.4 Å². The van der Waals surface area contributed by atoms with Crippen LogP contribution in [0.1, 0.15) is 17.4 Å². The zero-order chi connectivity index (χ0) is 14.5. The van der Waals surface area contributed by atoms with Crippen LogP contribution in [0.25, 0.3) is 0 Å². The molecule has 0 aliphatic rings. The standard InChI is InChI=1S/C14H15FN4O/c1-2-19(12-6-3-10(15)4-7-12)14(20)13-8-5-11(18-16)9-17-13/h3-9,18H,2,16H2,1H3. The zero-order valence-corrected chi connectivity index (χ0v) is 11.0. The number of nitrogens with two attached hydrogens (primary N) is 1. The Morgan fingerprint density at radius 1 is 1.30 bits per heavy atom. The van der Waals surface area contributed by atoms with Crippen molar-refractivity contribution in [3.8, 4) is 0 Å². The molecule has 3 N–H and O–H groups in total. The quantitative estimate of drug-likeness (QED) is 0.662. The number of aromatic nitrogens is 1. The topological polar surface area (TPSA) is 71.2 Å². The van der Waals surface area contributed by atoms with Crippen LogP contribution in [0.2, 0.25) is 0 Å². The van der Waals surface area contributed by atoms with Gasteiger partial charge in [-0.15, -0.1) is 0 Å². The Balaban J connectivity index is 2.26. The molecule has 2 rings (SSSR count). The summed E-state index contributed by atoms with van der Waals surface area (Å²) in [6, 6.07) is 9.02. The summed E-state index contributed by atoms with van der Waals surface area (Å²) in [4.78, 5) is 18.0. The number of carbonyl (C=O) groups excluding carboxylic acids is 1. The molecule has 0 aliphatic heterocycles. The average Bonchev–Trinajstić information content (AvgIpc) is 2.50. The third kappa shape index (κ3) is 2.92. The van der Waals surface area contributed by atoms with Gasteiger partial charge in [0.05, 0.1) is 11.9 Å². The largest absolute Gasteiger partial charge is 0.323 e. The fraction of sp³-hybridized carbons (Fsp3) is 0.143. The number of halogens is 1. The number of anilines is 2. The summed E-state index contributed by atoms with van der Waals surface area (Å²) in [5.41, 5.74) is 3.99. The molecule has 1 heterocycles. The van der Waals surface area contributed by atoms with Gasteiger partial charge in [0.25, 0.3) is 5.91 Å². The molecule has 104 valence electrons. The molecule has 1 amide bonds. The normalized spacial score (nSPS) is 10.2. The molecule has 2 aromatic rings. The van der Waals surface area contributed by atoms with Crippen molar-refractivity contribution in [3.63, 3.8) is 0 Å². The van der Waals surface area contributed by atoms with E-state index in [4.69, 9.17) is 5.84 Å². The third-order valence-corrected chi connectivity index (χ3v) is 2.85. The number of hydrogen-bond acceptors (Lipinski definition) is 4. The van der Waals surface area contributed by atoms with Gasteiger partial charge in [0.1, 0.15) is 11.5 Å². The van der Waals surface area contributed by atoms with Crippen LogP contribution in [0.5, 0.6) is 0 Å². The van der Waals surface area contributed by atoms with Crippen molar-refractivity contribution in [2.24, 2.45) is 5.84 Å². The molecule has 0 aliphatic carbocycles. The second-order valence-electron chi connectivity index (χ2n) is 4.10. The van der Waals surface area contributed by atoms with Gasteiger partial charge in [-0.3, -0.25) is 10.6 Å². The van der Waals surface area contributed by atoms with Crippen molar-refractivity contribution in [1.29, 1.82) is 0 Å². The highest BCUT2D eigenvalue weighted by atomic mass is 19.1. The van der Waals surface area contributed by atoms with Gasteiger partial charge in [-0.2, -0.15) is 0 Å². The van der Waals surface area contributed by atoms with E-state index in [-0.39, 0.29) is 11.7 Å². The van der Waals surface area contributed by atoms with Crippen molar-refractivity contribution >= 4 is 17.3 Å². The molecule has 0 saturated heterocycles. The number of nitrogen functional groups attached to an aromatic ring is 1. The van der Waals surface area contributed by atoms with Crippen molar-refractivity contribution < 1.29 is 9.18 Å². The maximum absolute atomic E-state index is 12.9. The fourth-order valence-corrected chi connectivity index (χ4v) is 1.81. The fourth-order valence-electron chi connectivity index (χ4n) is 1.81. The number of amides is 1. The van der Waals surface area contributed by atoms with E-state index in [1.807, 2.05) is 6.92 Å². The highest BCUT2D eigenvalue weighted by Crippen LogP contribution is 2.17. The summed E-state index contributed by atoms with van der Waals surface area (Å²) in [5, 5.41) is 0. The summed E-state index contributed by atoms with van der Waals surface area (Å²) < 4.78 is 12.9. The first-order valence-corrected chi connectivity index (χ1v) is 6.15. The number of nitrogens with zero attached hydrogens (tertiary/aromatic N) is 2. The van der Waals surface area contributed by atoms with Crippen molar-refractivity contribution in [2.45, 2.75) is 6.92 Å². The van der Waals surface area contributed by atoms with Crippen molar-refractivity contribution in [1.82, 2.24) is 4.98 Å². The molecular formula is C14H15FN4O. The van der Waals surface area contributed by atoms with E-state index in [0.717, 1.165) is 0 Å². The molecule has 1 aromatic carbocycles. The second-order valence-corrected chi connectivity index (χ2v) is 4.10. The molecule has 0 fully saturated rings. The molecule has 0 spiro atoms. The van der Waals surface area contributed by atoms with E-state index < -0.39 is 0 Å². The van der Waals surface area contributed by atoms with Crippen molar-refractivity contribution in [2.75, 3.05) is 16.9 Å². The molecule has 0 radical (unpaired) electrons. The summed E-state index contributed by atoms with van der Waals surface area (Å²) in [5.74, 6) is 4.66. The summed E-state index contributed by atoms with van der Waals surface area (Å²) in [6.07, 6.45) is 1.48. The van der Waals surface area contributed by atoms with E-state index in [1.54, 1.807) is 24.3 Å². The van der Waals surface area contributed by atoms with Gasteiger partial charge in [0, 0.05) is 12.2 Å². The monoisotopic (exact) mass is 274 g/mol. The van der Waals surface area contributed by atoms with Crippen LogP contribution >= 0.6 is 0 Å². The lowest BCUT2D eigenvalue weighted by Crippen LogP contribution is -2.31. The molecule has 5 nitrogen and oxygen atoms in total. The van der Waals surface area contributed by atoms with E-state index in [0.29, 0.717) is 23.6 Å². The molecule has 20 heavy (non-hydrogen) atoms. The molecular weight excluding hydrogens is 259 g/mol. The Morgan fingerprint density at radius 2 is 2.00 bits per heavy atom. The lowest BCUT2D eigenvalue weighted by Gasteiger charge is -2.20. The number of hydrazine groups is 1. The second kappa shape index (κ2) is 6.12. The summed E-state index contributed by atoms with van der Waals surface area (Å²) in [7, 11) is 0. The minimum Gasteiger partial charge on any atom is -0.323 e. The van der Waals surface area contributed by atoms with Gasteiger partial charge >= 0.3 is 0 Å². The lowest BCUT2D eigenvalue weighted by molar-refractivity contribution is 0.0983. The summed E-state index contributed by atoms with van der Waals surface area (Å²) >= 11 is 0.